The highest BCUT2D eigenvalue weighted by atomic mass is 16.5. The van der Waals surface area contributed by atoms with Crippen LogP contribution in [0.4, 0.5) is 0 Å². The van der Waals surface area contributed by atoms with Crippen molar-refractivity contribution in [3.8, 4) is 0 Å². The highest BCUT2D eigenvalue weighted by Crippen LogP contribution is 2.41. The standard InChI is InChI=1S/C19H23N3O3/c1-24-19(23)14-7-8-16-20-21-18(22(16)11-9-14)15-10-12-25-17(15)13-5-3-2-4-6-13/h2-6,14-15,17H,7-12H2,1H3/t14?,15-,17+/m0/s1. The number of rotatable bonds is 3. The lowest BCUT2D eigenvalue weighted by Crippen LogP contribution is -2.18. The van der Waals surface area contributed by atoms with Gasteiger partial charge in [0.1, 0.15) is 11.6 Å². The second kappa shape index (κ2) is 6.96. The number of hydrogen-bond acceptors (Lipinski definition) is 5. The maximum absolute atomic E-state index is 11.9. The van der Waals surface area contributed by atoms with Crippen LogP contribution < -0.4 is 0 Å². The molecular weight excluding hydrogens is 318 g/mol. The SMILES string of the molecule is COC(=O)C1CCc2nnc([C@H]3CCO[C@@H]3c3ccccc3)n2CC1. The normalized spacial score (nSPS) is 26.0. The zero-order valence-electron chi connectivity index (χ0n) is 14.4. The van der Waals surface area contributed by atoms with Crippen LogP contribution in [0.5, 0.6) is 0 Å². The number of aryl methyl sites for hydroxylation is 1. The summed E-state index contributed by atoms with van der Waals surface area (Å²) in [5.41, 5.74) is 1.18. The zero-order valence-corrected chi connectivity index (χ0v) is 14.4. The minimum absolute atomic E-state index is 0.0224. The number of ether oxygens (including phenoxy) is 2. The van der Waals surface area contributed by atoms with Gasteiger partial charge in [-0.25, -0.2) is 0 Å². The van der Waals surface area contributed by atoms with Gasteiger partial charge in [0, 0.05) is 19.6 Å². The lowest BCUT2D eigenvalue weighted by Gasteiger charge is -2.19. The van der Waals surface area contributed by atoms with Gasteiger partial charge in [-0.1, -0.05) is 30.3 Å². The molecule has 0 spiro atoms. The first kappa shape index (κ1) is 16.3. The van der Waals surface area contributed by atoms with E-state index in [4.69, 9.17) is 9.47 Å². The van der Waals surface area contributed by atoms with Gasteiger partial charge < -0.3 is 14.0 Å². The van der Waals surface area contributed by atoms with Gasteiger partial charge in [0.15, 0.2) is 0 Å². The molecule has 3 heterocycles. The Morgan fingerprint density at radius 3 is 2.84 bits per heavy atom. The van der Waals surface area contributed by atoms with Crippen LogP contribution >= 0.6 is 0 Å². The molecule has 0 amide bonds. The van der Waals surface area contributed by atoms with Crippen LogP contribution in [0.3, 0.4) is 0 Å². The second-order valence-electron chi connectivity index (χ2n) is 6.77. The molecule has 132 valence electrons. The summed E-state index contributed by atoms with van der Waals surface area (Å²) in [5, 5.41) is 8.92. The number of methoxy groups -OCH3 is 1. The molecule has 0 N–H and O–H groups in total. The van der Waals surface area contributed by atoms with Crippen LogP contribution in [-0.2, 0) is 27.2 Å². The Balaban J connectivity index is 1.59. The lowest BCUT2D eigenvalue weighted by atomic mass is 9.94. The van der Waals surface area contributed by atoms with Gasteiger partial charge in [-0.2, -0.15) is 0 Å². The van der Waals surface area contributed by atoms with E-state index in [0.717, 1.165) is 50.5 Å². The molecule has 1 aromatic heterocycles. The summed E-state index contributed by atoms with van der Waals surface area (Å²) in [5.74, 6) is 2.00. The number of carbonyl (C=O) groups is 1. The fourth-order valence-corrected chi connectivity index (χ4v) is 4.01. The van der Waals surface area contributed by atoms with Gasteiger partial charge in [-0.15, -0.1) is 10.2 Å². The predicted molar refractivity (Wildman–Crippen MR) is 91.0 cm³/mol. The van der Waals surface area contributed by atoms with Gasteiger partial charge in [-0.3, -0.25) is 4.79 Å². The maximum Gasteiger partial charge on any atom is 0.308 e. The number of benzene rings is 1. The smallest absolute Gasteiger partial charge is 0.308 e. The molecule has 6 nitrogen and oxygen atoms in total. The van der Waals surface area contributed by atoms with Crippen molar-refractivity contribution in [3.05, 3.63) is 47.5 Å². The average Bonchev–Trinajstić information content (AvgIpc) is 3.23. The minimum atomic E-state index is -0.119. The highest BCUT2D eigenvalue weighted by molar-refractivity contribution is 5.72. The first-order valence-electron chi connectivity index (χ1n) is 8.94. The molecule has 2 aromatic rings. The van der Waals surface area contributed by atoms with Gasteiger partial charge in [0.25, 0.3) is 0 Å². The molecule has 0 aliphatic carbocycles. The van der Waals surface area contributed by atoms with Crippen molar-refractivity contribution >= 4 is 5.97 Å². The second-order valence-corrected chi connectivity index (χ2v) is 6.77. The number of carbonyl (C=O) groups excluding carboxylic acids is 1. The van der Waals surface area contributed by atoms with Crippen molar-refractivity contribution in [2.75, 3.05) is 13.7 Å². The summed E-state index contributed by atoms with van der Waals surface area (Å²) >= 11 is 0. The number of hydrogen-bond donors (Lipinski definition) is 0. The van der Waals surface area contributed by atoms with Crippen molar-refractivity contribution < 1.29 is 14.3 Å². The van der Waals surface area contributed by atoms with E-state index in [1.54, 1.807) is 0 Å². The van der Waals surface area contributed by atoms with Crippen LogP contribution in [0.1, 0.15) is 48.5 Å². The molecule has 0 bridgehead atoms. The topological polar surface area (TPSA) is 66.2 Å². The molecule has 1 saturated heterocycles. The minimum Gasteiger partial charge on any atom is -0.469 e. The molecule has 25 heavy (non-hydrogen) atoms. The van der Waals surface area contributed by atoms with E-state index in [1.807, 2.05) is 18.2 Å². The summed E-state index contributed by atoms with van der Waals surface area (Å²) < 4.78 is 13.1. The fraction of sp³-hybridized carbons (Fsp3) is 0.526. The summed E-state index contributed by atoms with van der Waals surface area (Å²) in [6.07, 6.45) is 3.27. The van der Waals surface area contributed by atoms with E-state index in [9.17, 15) is 4.79 Å². The van der Waals surface area contributed by atoms with Crippen LogP contribution in [-0.4, -0.2) is 34.5 Å². The van der Waals surface area contributed by atoms with E-state index in [-0.39, 0.29) is 23.9 Å². The van der Waals surface area contributed by atoms with Gasteiger partial charge >= 0.3 is 5.97 Å². The Morgan fingerprint density at radius 1 is 1.20 bits per heavy atom. The molecule has 0 radical (unpaired) electrons. The lowest BCUT2D eigenvalue weighted by molar-refractivity contribution is -0.145. The van der Waals surface area contributed by atoms with E-state index < -0.39 is 0 Å². The molecule has 2 aliphatic heterocycles. The van der Waals surface area contributed by atoms with Gasteiger partial charge in [-0.05, 0) is 24.8 Å². The molecular formula is C19H23N3O3. The van der Waals surface area contributed by atoms with Gasteiger partial charge in [0.05, 0.1) is 25.0 Å². The Bertz CT molecular complexity index is 744. The summed E-state index contributed by atoms with van der Waals surface area (Å²) in [7, 11) is 1.46. The summed E-state index contributed by atoms with van der Waals surface area (Å²) in [6, 6.07) is 10.3. The van der Waals surface area contributed by atoms with E-state index in [1.165, 1.54) is 12.7 Å². The van der Waals surface area contributed by atoms with Crippen molar-refractivity contribution in [3.63, 3.8) is 0 Å². The van der Waals surface area contributed by atoms with Crippen molar-refractivity contribution in [2.24, 2.45) is 5.92 Å². The van der Waals surface area contributed by atoms with Crippen LogP contribution in [0.2, 0.25) is 0 Å². The zero-order chi connectivity index (χ0) is 17.2. The third kappa shape index (κ3) is 3.06. The Hall–Kier alpha value is -2.21. The summed E-state index contributed by atoms with van der Waals surface area (Å²) in [6.45, 7) is 1.49. The molecule has 3 atom stereocenters. The number of esters is 1. The Kier molecular flexibility index (Phi) is 4.53. The van der Waals surface area contributed by atoms with Crippen LogP contribution in [0, 0.1) is 5.92 Å². The number of aromatic nitrogens is 3. The third-order valence-electron chi connectivity index (χ3n) is 5.36. The first-order valence-corrected chi connectivity index (χ1v) is 8.94. The van der Waals surface area contributed by atoms with Crippen LogP contribution in [0.25, 0.3) is 0 Å². The van der Waals surface area contributed by atoms with Crippen molar-refractivity contribution in [1.82, 2.24) is 14.8 Å². The molecule has 2 aliphatic rings. The predicted octanol–water partition coefficient (Wildman–Crippen LogP) is 2.65. The Morgan fingerprint density at radius 2 is 2.04 bits per heavy atom. The monoisotopic (exact) mass is 341 g/mol. The largest absolute Gasteiger partial charge is 0.469 e. The molecule has 1 aromatic carbocycles. The van der Waals surface area contributed by atoms with Gasteiger partial charge in [0.2, 0.25) is 0 Å². The van der Waals surface area contributed by atoms with E-state index >= 15 is 0 Å². The first-order chi connectivity index (χ1) is 12.3. The van der Waals surface area contributed by atoms with Crippen molar-refractivity contribution in [2.45, 2.75) is 44.2 Å². The van der Waals surface area contributed by atoms with Crippen LogP contribution in [0.15, 0.2) is 30.3 Å². The fourth-order valence-electron chi connectivity index (χ4n) is 4.01. The Labute approximate surface area is 147 Å². The number of nitrogens with zero attached hydrogens (tertiary/aromatic N) is 3. The quantitative estimate of drug-likeness (QED) is 0.803. The number of fused-ring (bicyclic) bond motifs is 1. The average molecular weight is 341 g/mol. The molecule has 4 rings (SSSR count). The van der Waals surface area contributed by atoms with E-state index in [2.05, 4.69) is 26.9 Å². The van der Waals surface area contributed by atoms with Crippen molar-refractivity contribution in [1.29, 1.82) is 0 Å². The molecule has 0 saturated carbocycles. The maximum atomic E-state index is 11.9. The highest BCUT2D eigenvalue weighted by Gasteiger charge is 2.36. The summed E-state index contributed by atoms with van der Waals surface area (Å²) in [4.78, 5) is 11.9. The molecule has 6 heteroatoms. The molecule has 1 fully saturated rings. The molecule has 1 unspecified atom stereocenters. The third-order valence-corrected chi connectivity index (χ3v) is 5.36. The van der Waals surface area contributed by atoms with E-state index in [0.29, 0.717) is 0 Å².